The van der Waals surface area contributed by atoms with Crippen LogP contribution in [0.3, 0.4) is 0 Å². The Hall–Kier alpha value is -1.16. The average Bonchev–Trinajstić information content (AvgIpc) is 2.72. The summed E-state index contributed by atoms with van der Waals surface area (Å²) in [4.78, 5) is 0. The third-order valence-corrected chi connectivity index (χ3v) is 3.64. The lowest BCUT2D eigenvalue weighted by Gasteiger charge is -2.11. The Kier molecular flexibility index (Phi) is 4.17. The molecule has 2 unspecified atom stereocenters. The van der Waals surface area contributed by atoms with Gasteiger partial charge in [-0.15, -0.1) is 0 Å². The van der Waals surface area contributed by atoms with Crippen LogP contribution in [0.5, 0.6) is 5.75 Å². The molecule has 0 radical (unpaired) electrons. The molecule has 2 nitrogen and oxygen atoms in total. The molecule has 4 heteroatoms. The molecule has 2 N–H and O–H groups in total. The molecular weight excluding hydrogens is 236 g/mol. The minimum Gasteiger partial charge on any atom is -0.503 e. The number of hydrogen-bond acceptors (Lipinski definition) is 2. The molecule has 1 aliphatic carbocycles. The largest absolute Gasteiger partial charge is 0.503 e. The fourth-order valence-corrected chi connectivity index (χ4v) is 2.65. The zero-order valence-corrected chi connectivity index (χ0v) is 10.5. The molecule has 0 amide bonds. The SMILES string of the molecule is CC1CCC(CNCc2cc(F)c(O)c(F)c2)C1. The number of hydrogen-bond donors (Lipinski definition) is 2. The highest BCUT2D eigenvalue weighted by molar-refractivity contribution is 5.29. The quantitative estimate of drug-likeness (QED) is 0.866. The van der Waals surface area contributed by atoms with Crippen LogP contribution in [0.15, 0.2) is 12.1 Å². The van der Waals surface area contributed by atoms with Crippen molar-refractivity contribution in [2.24, 2.45) is 11.8 Å². The Morgan fingerprint density at radius 2 is 1.94 bits per heavy atom. The van der Waals surface area contributed by atoms with E-state index >= 15 is 0 Å². The third kappa shape index (κ3) is 3.19. The van der Waals surface area contributed by atoms with E-state index in [1.807, 2.05) is 0 Å². The van der Waals surface area contributed by atoms with Gasteiger partial charge in [0.2, 0.25) is 0 Å². The lowest BCUT2D eigenvalue weighted by molar-refractivity contribution is 0.394. The van der Waals surface area contributed by atoms with Gasteiger partial charge >= 0.3 is 0 Å². The van der Waals surface area contributed by atoms with Crippen LogP contribution in [-0.4, -0.2) is 11.7 Å². The molecule has 0 spiro atoms. The first-order valence-electron chi connectivity index (χ1n) is 6.44. The van der Waals surface area contributed by atoms with Crippen LogP contribution in [0.25, 0.3) is 0 Å². The second kappa shape index (κ2) is 5.65. The van der Waals surface area contributed by atoms with Crippen molar-refractivity contribution >= 4 is 0 Å². The van der Waals surface area contributed by atoms with E-state index in [2.05, 4.69) is 12.2 Å². The van der Waals surface area contributed by atoms with Gasteiger partial charge in [0, 0.05) is 6.54 Å². The summed E-state index contributed by atoms with van der Waals surface area (Å²) in [6, 6.07) is 2.34. The van der Waals surface area contributed by atoms with E-state index in [9.17, 15) is 8.78 Å². The van der Waals surface area contributed by atoms with Gasteiger partial charge in [-0.05, 0) is 48.9 Å². The van der Waals surface area contributed by atoms with Crippen molar-refractivity contribution < 1.29 is 13.9 Å². The van der Waals surface area contributed by atoms with Crippen molar-refractivity contribution in [2.75, 3.05) is 6.54 Å². The molecule has 18 heavy (non-hydrogen) atoms. The van der Waals surface area contributed by atoms with Crippen molar-refractivity contribution in [2.45, 2.75) is 32.7 Å². The zero-order valence-electron chi connectivity index (χ0n) is 10.5. The van der Waals surface area contributed by atoms with Gasteiger partial charge in [-0.3, -0.25) is 0 Å². The summed E-state index contributed by atoms with van der Waals surface area (Å²) in [6.45, 7) is 3.57. The molecule has 0 aromatic heterocycles. The monoisotopic (exact) mass is 255 g/mol. The number of halogens is 2. The molecule has 100 valence electrons. The first kappa shape index (κ1) is 13.3. The highest BCUT2D eigenvalue weighted by Crippen LogP contribution is 2.29. The third-order valence-electron chi connectivity index (χ3n) is 3.64. The number of phenols is 1. The fourth-order valence-electron chi connectivity index (χ4n) is 2.65. The Morgan fingerprint density at radius 3 is 2.50 bits per heavy atom. The van der Waals surface area contributed by atoms with E-state index in [4.69, 9.17) is 5.11 Å². The summed E-state index contributed by atoms with van der Waals surface area (Å²) in [5.41, 5.74) is 0.522. The topological polar surface area (TPSA) is 32.3 Å². The summed E-state index contributed by atoms with van der Waals surface area (Å²) in [7, 11) is 0. The van der Waals surface area contributed by atoms with Gasteiger partial charge in [0.1, 0.15) is 0 Å². The number of phenolic OH excluding ortho intramolecular Hbond substituents is 1. The van der Waals surface area contributed by atoms with Gasteiger partial charge in [-0.25, -0.2) is 8.78 Å². The minimum absolute atomic E-state index is 0.430. The van der Waals surface area contributed by atoms with Crippen LogP contribution in [0.4, 0.5) is 8.78 Å². The minimum atomic E-state index is -0.902. The number of aromatic hydroxyl groups is 1. The summed E-state index contributed by atoms with van der Waals surface area (Å²) in [5.74, 6) is -1.24. The predicted molar refractivity (Wildman–Crippen MR) is 66.2 cm³/mol. The second-order valence-electron chi connectivity index (χ2n) is 5.32. The average molecular weight is 255 g/mol. The molecule has 0 saturated heterocycles. The van der Waals surface area contributed by atoms with Crippen LogP contribution >= 0.6 is 0 Å². The van der Waals surface area contributed by atoms with E-state index in [0.29, 0.717) is 18.0 Å². The van der Waals surface area contributed by atoms with Gasteiger partial charge < -0.3 is 10.4 Å². The van der Waals surface area contributed by atoms with E-state index in [-0.39, 0.29) is 0 Å². The van der Waals surface area contributed by atoms with Crippen LogP contribution in [0.2, 0.25) is 0 Å². The number of rotatable bonds is 4. The normalized spacial score (nSPS) is 23.5. The highest BCUT2D eigenvalue weighted by atomic mass is 19.1. The van der Waals surface area contributed by atoms with Gasteiger partial charge in [-0.2, -0.15) is 0 Å². The highest BCUT2D eigenvalue weighted by Gasteiger charge is 2.20. The zero-order chi connectivity index (χ0) is 13.1. The molecule has 1 aliphatic rings. The predicted octanol–water partition coefficient (Wildman–Crippen LogP) is 3.20. The van der Waals surface area contributed by atoms with Crippen LogP contribution in [0, 0.1) is 23.5 Å². The van der Waals surface area contributed by atoms with Gasteiger partial charge in [-0.1, -0.05) is 13.3 Å². The van der Waals surface area contributed by atoms with E-state index < -0.39 is 17.4 Å². The summed E-state index contributed by atoms with van der Waals surface area (Å²) >= 11 is 0. The molecule has 1 saturated carbocycles. The number of nitrogens with one attached hydrogen (secondary N) is 1. The molecule has 0 bridgehead atoms. The summed E-state index contributed by atoms with van der Waals surface area (Å²) in [6.07, 6.45) is 3.73. The smallest absolute Gasteiger partial charge is 0.187 e. The van der Waals surface area contributed by atoms with E-state index in [1.165, 1.54) is 31.4 Å². The Bertz CT molecular complexity index is 399. The Morgan fingerprint density at radius 1 is 1.28 bits per heavy atom. The van der Waals surface area contributed by atoms with Crippen molar-refractivity contribution in [3.8, 4) is 5.75 Å². The first-order valence-corrected chi connectivity index (χ1v) is 6.44. The lowest BCUT2D eigenvalue weighted by Crippen LogP contribution is -2.21. The molecule has 2 rings (SSSR count). The fraction of sp³-hybridized carbons (Fsp3) is 0.571. The molecule has 1 aromatic carbocycles. The Labute approximate surface area is 106 Å². The maximum absolute atomic E-state index is 13.1. The van der Waals surface area contributed by atoms with Crippen molar-refractivity contribution in [3.05, 3.63) is 29.3 Å². The van der Waals surface area contributed by atoms with Gasteiger partial charge in [0.05, 0.1) is 0 Å². The molecule has 1 fully saturated rings. The first-order chi connectivity index (χ1) is 8.56. The van der Waals surface area contributed by atoms with Gasteiger partial charge in [0.15, 0.2) is 17.4 Å². The second-order valence-corrected chi connectivity index (χ2v) is 5.32. The van der Waals surface area contributed by atoms with Crippen molar-refractivity contribution in [1.82, 2.24) is 5.32 Å². The standard InChI is InChI=1S/C14H19F2NO/c1-9-2-3-10(4-9)7-17-8-11-5-12(15)14(18)13(16)6-11/h5-6,9-10,17-18H,2-4,7-8H2,1H3. The maximum Gasteiger partial charge on any atom is 0.187 e. The molecule has 0 aliphatic heterocycles. The van der Waals surface area contributed by atoms with Crippen LogP contribution in [0.1, 0.15) is 31.7 Å². The summed E-state index contributed by atoms with van der Waals surface area (Å²) < 4.78 is 26.2. The van der Waals surface area contributed by atoms with Crippen molar-refractivity contribution in [1.29, 1.82) is 0 Å². The van der Waals surface area contributed by atoms with Crippen LogP contribution in [-0.2, 0) is 6.54 Å². The van der Waals surface area contributed by atoms with E-state index in [0.717, 1.165) is 12.5 Å². The molecular formula is C14H19F2NO. The van der Waals surface area contributed by atoms with E-state index in [1.54, 1.807) is 0 Å². The van der Waals surface area contributed by atoms with Crippen LogP contribution < -0.4 is 5.32 Å². The number of benzene rings is 1. The Balaban J connectivity index is 1.83. The maximum atomic E-state index is 13.1. The lowest BCUT2D eigenvalue weighted by atomic mass is 10.1. The molecule has 0 heterocycles. The van der Waals surface area contributed by atoms with Gasteiger partial charge in [0.25, 0.3) is 0 Å². The molecule has 2 atom stereocenters. The molecule has 1 aromatic rings. The summed E-state index contributed by atoms with van der Waals surface area (Å²) in [5, 5.41) is 12.2. The van der Waals surface area contributed by atoms with Crippen molar-refractivity contribution in [3.63, 3.8) is 0 Å².